The van der Waals surface area contributed by atoms with Crippen LogP contribution in [0.15, 0.2) is 47.4 Å². The standard InChI is InChI=1S/C25H27NO4/c1-16-6-7-18(21(10-16)15-28-3)8-9-19-12-20(11-17(2)25(19)30-5)22-14-26-24(29-4)13-23(22)27/h6-14H,15H2,1-5H3,(H,26,27)/b9-8+. The van der Waals surface area contributed by atoms with Crippen molar-refractivity contribution in [1.82, 2.24) is 4.98 Å². The summed E-state index contributed by atoms with van der Waals surface area (Å²) in [5, 5.41) is 0. The van der Waals surface area contributed by atoms with Gasteiger partial charge in [0, 0.05) is 30.5 Å². The smallest absolute Gasteiger partial charge is 0.194 e. The molecule has 156 valence electrons. The van der Waals surface area contributed by atoms with Gasteiger partial charge in [-0.15, -0.1) is 0 Å². The third kappa shape index (κ3) is 4.63. The monoisotopic (exact) mass is 405 g/mol. The van der Waals surface area contributed by atoms with Gasteiger partial charge < -0.3 is 19.2 Å². The van der Waals surface area contributed by atoms with Crippen LogP contribution in [-0.2, 0) is 11.3 Å². The Morgan fingerprint density at radius 3 is 2.37 bits per heavy atom. The van der Waals surface area contributed by atoms with Crippen molar-refractivity contribution in [1.29, 1.82) is 0 Å². The van der Waals surface area contributed by atoms with E-state index in [1.165, 1.54) is 18.7 Å². The van der Waals surface area contributed by atoms with Gasteiger partial charge in [0.1, 0.15) is 5.75 Å². The fraction of sp³-hybridized carbons (Fsp3) is 0.240. The van der Waals surface area contributed by atoms with Crippen molar-refractivity contribution in [3.8, 4) is 22.8 Å². The number of hydrogen-bond acceptors (Lipinski definition) is 4. The molecule has 0 aliphatic rings. The van der Waals surface area contributed by atoms with Crippen molar-refractivity contribution in [2.24, 2.45) is 0 Å². The predicted octanol–water partition coefficient (Wildman–Crippen LogP) is 4.99. The topological polar surface area (TPSA) is 60.5 Å². The van der Waals surface area contributed by atoms with Crippen LogP contribution in [-0.4, -0.2) is 26.3 Å². The summed E-state index contributed by atoms with van der Waals surface area (Å²) < 4.78 is 16.1. The van der Waals surface area contributed by atoms with E-state index in [0.29, 0.717) is 18.1 Å². The van der Waals surface area contributed by atoms with Crippen LogP contribution in [0.5, 0.6) is 11.6 Å². The second-order valence-electron chi connectivity index (χ2n) is 7.16. The number of aromatic amines is 1. The maximum atomic E-state index is 12.5. The van der Waals surface area contributed by atoms with Crippen molar-refractivity contribution in [3.63, 3.8) is 0 Å². The summed E-state index contributed by atoms with van der Waals surface area (Å²) in [5.74, 6) is 1.21. The summed E-state index contributed by atoms with van der Waals surface area (Å²) in [4.78, 5) is 15.5. The van der Waals surface area contributed by atoms with E-state index in [-0.39, 0.29) is 5.43 Å². The van der Waals surface area contributed by atoms with Crippen molar-refractivity contribution >= 4 is 12.2 Å². The fourth-order valence-electron chi connectivity index (χ4n) is 3.51. The molecule has 0 bridgehead atoms. The molecule has 1 aromatic heterocycles. The number of benzene rings is 2. The minimum absolute atomic E-state index is 0.106. The molecule has 5 nitrogen and oxygen atoms in total. The highest BCUT2D eigenvalue weighted by molar-refractivity contribution is 5.78. The second-order valence-corrected chi connectivity index (χ2v) is 7.16. The number of rotatable bonds is 7. The lowest BCUT2D eigenvalue weighted by atomic mass is 9.98. The lowest BCUT2D eigenvalue weighted by Gasteiger charge is -2.13. The molecular weight excluding hydrogens is 378 g/mol. The number of methoxy groups -OCH3 is 3. The number of aryl methyl sites for hydroxylation is 2. The van der Waals surface area contributed by atoms with Crippen molar-refractivity contribution in [3.05, 3.63) is 80.6 Å². The van der Waals surface area contributed by atoms with Crippen molar-refractivity contribution in [2.45, 2.75) is 20.5 Å². The molecule has 0 spiro atoms. The van der Waals surface area contributed by atoms with E-state index in [1.807, 2.05) is 31.2 Å². The number of nitrogens with one attached hydrogen (secondary N) is 1. The molecular formula is C25H27NO4. The summed E-state index contributed by atoms with van der Waals surface area (Å²) in [6.07, 6.45) is 5.73. The fourth-order valence-corrected chi connectivity index (χ4v) is 3.51. The Balaban J connectivity index is 2.07. The Bertz CT molecular complexity index is 1130. The predicted molar refractivity (Wildman–Crippen MR) is 121 cm³/mol. The molecule has 3 aromatic rings. The number of H-pyrrole nitrogens is 1. The van der Waals surface area contributed by atoms with Crippen molar-refractivity contribution < 1.29 is 14.2 Å². The van der Waals surface area contributed by atoms with Crippen LogP contribution in [0.3, 0.4) is 0 Å². The zero-order chi connectivity index (χ0) is 21.7. The molecule has 0 radical (unpaired) electrons. The minimum atomic E-state index is -0.106. The first-order valence-corrected chi connectivity index (χ1v) is 9.69. The van der Waals surface area contributed by atoms with E-state index in [0.717, 1.165) is 33.6 Å². The van der Waals surface area contributed by atoms with E-state index < -0.39 is 0 Å². The van der Waals surface area contributed by atoms with Gasteiger partial charge in [0.05, 0.1) is 20.8 Å². The molecule has 0 saturated heterocycles. The SMILES string of the molecule is COCc1cc(C)ccc1/C=C/c1cc(-c2c[nH]c(OC)cc2=O)cc(C)c1OC. The van der Waals surface area contributed by atoms with E-state index in [1.54, 1.807) is 20.4 Å². The van der Waals surface area contributed by atoms with Gasteiger partial charge in [0.2, 0.25) is 0 Å². The average molecular weight is 405 g/mol. The first kappa shape index (κ1) is 21.4. The maximum absolute atomic E-state index is 12.5. The summed E-state index contributed by atoms with van der Waals surface area (Å²) in [6.45, 7) is 4.58. The molecule has 0 saturated carbocycles. The van der Waals surface area contributed by atoms with Crippen LogP contribution in [0.1, 0.15) is 27.8 Å². The Labute approximate surface area is 176 Å². The molecule has 0 atom stereocenters. The molecule has 1 N–H and O–H groups in total. The highest BCUT2D eigenvalue weighted by Gasteiger charge is 2.11. The van der Waals surface area contributed by atoms with Gasteiger partial charge in [-0.05, 0) is 48.2 Å². The van der Waals surface area contributed by atoms with Gasteiger partial charge in [-0.2, -0.15) is 0 Å². The van der Waals surface area contributed by atoms with Crippen LogP contribution in [0.25, 0.3) is 23.3 Å². The van der Waals surface area contributed by atoms with E-state index in [9.17, 15) is 4.79 Å². The van der Waals surface area contributed by atoms with Gasteiger partial charge in [0.25, 0.3) is 0 Å². The molecule has 0 aliphatic carbocycles. The Hall–Kier alpha value is -3.31. The Morgan fingerprint density at radius 1 is 0.933 bits per heavy atom. The van der Waals surface area contributed by atoms with Crippen LogP contribution < -0.4 is 14.9 Å². The van der Waals surface area contributed by atoms with Gasteiger partial charge in [-0.25, -0.2) is 0 Å². The third-order valence-corrected chi connectivity index (χ3v) is 4.97. The highest BCUT2D eigenvalue weighted by Crippen LogP contribution is 2.31. The van der Waals surface area contributed by atoms with Crippen LogP contribution >= 0.6 is 0 Å². The van der Waals surface area contributed by atoms with Gasteiger partial charge in [-0.3, -0.25) is 4.79 Å². The molecule has 0 fully saturated rings. The largest absolute Gasteiger partial charge is 0.496 e. The first-order chi connectivity index (χ1) is 14.5. The number of aromatic nitrogens is 1. The van der Waals surface area contributed by atoms with Crippen LogP contribution in [0, 0.1) is 13.8 Å². The Morgan fingerprint density at radius 2 is 1.70 bits per heavy atom. The van der Waals surface area contributed by atoms with E-state index >= 15 is 0 Å². The van der Waals surface area contributed by atoms with Gasteiger partial charge in [-0.1, -0.05) is 35.9 Å². The average Bonchev–Trinajstić information content (AvgIpc) is 2.73. The van der Waals surface area contributed by atoms with Gasteiger partial charge in [0.15, 0.2) is 11.3 Å². The second kappa shape index (κ2) is 9.46. The summed E-state index contributed by atoms with van der Waals surface area (Å²) >= 11 is 0. The number of hydrogen-bond donors (Lipinski definition) is 1. The lowest BCUT2D eigenvalue weighted by molar-refractivity contribution is 0.184. The van der Waals surface area contributed by atoms with Crippen LogP contribution in [0.2, 0.25) is 0 Å². The number of ether oxygens (including phenoxy) is 3. The van der Waals surface area contributed by atoms with Crippen LogP contribution in [0.4, 0.5) is 0 Å². The zero-order valence-electron chi connectivity index (χ0n) is 18.0. The normalized spacial score (nSPS) is 11.1. The lowest BCUT2D eigenvalue weighted by Crippen LogP contribution is -2.06. The maximum Gasteiger partial charge on any atom is 0.194 e. The number of pyridine rings is 1. The molecule has 3 rings (SSSR count). The summed E-state index contributed by atoms with van der Waals surface area (Å²) in [5.41, 5.74) is 6.52. The molecule has 2 aromatic carbocycles. The van der Waals surface area contributed by atoms with Crippen molar-refractivity contribution in [2.75, 3.05) is 21.3 Å². The quantitative estimate of drug-likeness (QED) is 0.563. The third-order valence-electron chi connectivity index (χ3n) is 4.97. The molecule has 5 heteroatoms. The Kier molecular flexibility index (Phi) is 6.75. The summed E-state index contributed by atoms with van der Waals surface area (Å²) in [7, 11) is 4.87. The molecule has 0 aliphatic heterocycles. The molecule has 0 unspecified atom stereocenters. The molecule has 1 heterocycles. The molecule has 0 amide bonds. The summed E-state index contributed by atoms with van der Waals surface area (Å²) in [6, 6.07) is 11.7. The van der Waals surface area contributed by atoms with E-state index in [4.69, 9.17) is 14.2 Å². The molecule has 30 heavy (non-hydrogen) atoms. The minimum Gasteiger partial charge on any atom is -0.496 e. The highest BCUT2D eigenvalue weighted by atomic mass is 16.5. The first-order valence-electron chi connectivity index (χ1n) is 9.69. The van der Waals surface area contributed by atoms with Gasteiger partial charge >= 0.3 is 0 Å². The zero-order valence-corrected chi connectivity index (χ0v) is 18.0. The van der Waals surface area contributed by atoms with E-state index in [2.05, 4.69) is 30.1 Å².